The maximum Gasteiger partial charge on any atom is 0.355 e. The Hall–Kier alpha value is -2.65. The van der Waals surface area contributed by atoms with Crippen LogP contribution in [-0.2, 0) is 28.7 Å². The Kier molecular flexibility index (Phi) is 8.59. The average Bonchev–Trinajstić information content (AvgIpc) is 2.65. The number of ether oxygens (including phenoxy) is 2. The summed E-state index contributed by atoms with van der Waals surface area (Å²) in [5.74, 6) is -6.73. The molecular formula is C18H21Cl2N3O6. The van der Waals surface area contributed by atoms with Gasteiger partial charge in [-0.3, -0.25) is 14.4 Å². The van der Waals surface area contributed by atoms with Gasteiger partial charge in [0.2, 0.25) is 5.78 Å². The van der Waals surface area contributed by atoms with Gasteiger partial charge >= 0.3 is 11.9 Å². The fourth-order valence-corrected chi connectivity index (χ4v) is 2.27. The number of Topliss-reactive ketones (excluding diaryl/α,β-unsaturated/α-hetero) is 1. The van der Waals surface area contributed by atoms with Gasteiger partial charge in [-0.2, -0.15) is 5.10 Å². The molecule has 11 heteroatoms. The Labute approximate surface area is 177 Å². The molecule has 0 aliphatic heterocycles. The lowest BCUT2D eigenvalue weighted by Gasteiger charge is -2.20. The second-order valence-electron chi connectivity index (χ2n) is 6.75. The van der Waals surface area contributed by atoms with Gasteiger partial charge < -0.3 is 20.2 Å². The number of esters is 2. The predicted octanol–water partition coefficient (Wildman–Crippen LogP) is 2.21. The smallest absolute Gasteiger partial charge is 0.355 e. The molecule has 0 unspecified atom stereocenters. The lowest BCUT2D eigenvalue weighted by molar-refractivity contribution is -0.150. The summed E-state index contributed by atoms with van der Waals surface area (Å²) in [4.78, 5) is 49.6. The summed E-state index contributed by atoms with van der Waals surface area (Å²) in [5.41, 5.74) is 1.42. The molecule has 0 spiro atoms. The number of nitrogens with zero attached hydrogens (tertiary/aromatic N) is 1. The quantitative estimate of drug-likeness (QED) is 0.216. The van der Waals surface area contributed by atoms with Crippen LogP contribution in [0.15, 0.2) is 23.3 Å². The molecule has 1 aromatic rings. The number of hydrogen-bond donors (Lipinski definition) is 2. The molecule has 0 fully saturated rings. The van der Waals surface area contributed by atoms with Crippen molar-refractivity contribution in [1.29, 1.82) is 0 Å². The van der Waals surface area contributed by atoms with E-state index in [2.05, 4.69) is 25.3 Å². The van der Waals surface area contributed by atoms with E-state index in [1.165, 1.54) is 18.2 Å². The van der Waals surface area contributed by atoms with E-state index in [0.717, 1.165) is 14.2 Å². The topological polar surface area (TPSA) is 123 Å². The molecule has 158 valence electrons. The summed E-state index contributed by atoms with van der Waals surface area (Å²) in [6, 6.07) is 4.22. The van der Waals surface area contributed by atoms with Crippen molar-refractivity contribution in [2.75, 3.05) is 19.5 Å². The predicted molar refractivity (Wildman–Crippen MR) is 108 cm³/mol. The molecule has 0 saturated heterocycles. The van der Waals surface area contributed by atoms with Gasteiger partial charge in [0.15, 0.2) is 11.6 Å². The first kappa shape index (κ1) is 24.4. The maximum absolute atomic E-state index is 12.7. The zero-order valence-corrected chi connectivity index (χ0v) is 18.0. The fraction of sp³-hybridized carbons (Fsp3) is 0.389. The van der Waals surface area contributed by atoms with Crippen molar-refractivity contribution < 1.29 is 28.7 Å². The Morgan fingerprint density at radius 2 is 1.69 bits per heavy atom. The van der Waals surface area contributed by atoms with E-state index >= 15 is 0 Å². The summed E-state index contributed by atoms with van der Waals surface area (Å²) in [7, 11) is 2.04. The number of anilines is 1. The van der Waals surface area contributed by atoms with E-state index in [1.807, 2.05) is 0 Å². The highest BCUT2D eigenvalue weighted by molar-refractivity contribution is 6.56. The molecule has 0 bridgehead atoms. The Morgan fingerprint density at radius 3 is 2.21 bits per heavy atom. The van der Waals surface area contributed by atoms with Crippen LogP contribution in [0.25, 0.3) is 0 Å². The Bertz CT molecular complexity index is 848. The van der Waals surface area contributed by atoms with Gasteiger partial charge in [0.05, 0.1) is 24.9 Å². The van der Waals surface area contributed by atoms with Crippen molar-refractivity contribution in [1.82, 2.24) is 5.43 Å². The highest BCUT2D eigenvalue weighted by Crippen LogP contribution is 2.25. The number of rotatable bonds is 7. The van der Waals surface area contributed by atoms with Crippen LogP contribution in [0.1, 0.15) is 20.8 Å². The van der Waals surface area contributed by atoms with Gasteiger partial charge in [0, 0.05) is 10.6 Å². The summed E-state index contributed by atoms with van der Waals surface area (Å²) in [5, 5.41) is 6.44. The first-order valence-electron chi connectivity index (χ1n) is 8.22. The van der Waals surface area contributed by atoms with Crippen molar-refractivity contribution in [2.45, 2.75) is 26.3 Å². The molecule has 29 heavy (non-hydrogen) atoms. The fourth-order valence-electron chi connectivity index (χ4n) is 1.93. The normalized spacial score (nSPS) is 12.6. The minimum Gasteiger partial charge on any atom is -0.468 e. The number of halogens is 2. The molecule has 1 aromatic carbocycles. The highest BCUT2D eigenvalue weighted by Gasteiger charge is 2.41. The minimum absolute atomic E-state index is 0.0468. The van der Waals surface area contributed by atoms with E-state index in [4.69, 9.17) is 23.2 Å². The van der Waals surface area contributed by atoms with Crippen molar-refractivity contribution >= 4 is 58.2 Å². The second-order valence-corrected chi connectivity index (χ2v) is 7.59. The first-order valence-corrected chi connectivity index (χ1v) is 8.98. The molecule has 0 saturated carbocycles. The maximum atomic E-state index is 12.7. The molecule has 1 amide bonds. The number of methoxy groups -OCH3 is 2. The third kappa shape index (κ3) is 7.03. The number of hydrazone groups is 1. The molecule has 1 rings (SSSR count). The molecule has 9 nitrogen and oxygen atoms in total. The van der Waals surface area contributed by atoms with Gasteiger partial charge in [0.1, 0.15) is 0 Å². The largest absolute Gasteiger partial charge is 0.468 e. The van der Waals surface area contributed by atoms with Gasteiger partial charge in [-0.1, -0.05) is 23.2 Å². The molecule has 0 aliphatic carbocycles. The lowest BCUT2D eigenvalue weighted by Crippen LogP contribution is -2.45. The zero-order chi connectivity index (χ0) is 22.4. The summed E-state index contributed by atoms with van der Waals surface area (Å²) < 4.78 is 9.18. The number of carbonyl (C=O) groups is 4. The van der Waals surface area contributed by atoms with Crippen molar-refractivity contribution in [3.05, 3.63) is 28.2 Å². The number of ketones is 1. The molecule has 0 radical (unpaired) electrons. The van der Waals surface area contributed by atoms with Crippen molar-refractivity contribution in [3.8, 4) is 0 Å². The lowest BCUT2D eigenvalue weighted by atomic mass is 9.97. The third-order valence-corrected chi connectivity index (χ3v) is 3.84. The summed E-state index contributed by atoms with van der Waals surface area (Å²) >= 11 is 11.8. The van der Waals surface area contributed by atoms with Gasteiger partial charge in [-0.05, 0) is 39.0 Å². The summed E-state index contributed by atoms with van der Waals surface area (Å²) in [6.45, 7) is 5.19. The second kappa shape index (κ2) is 10.2. The zero-order valence-electron chi connectivity index (χ0n) is 16.5. The van der Waals surface area contributed by atoms with Gasteiger partial charge in [-0.25, -0.2) is 4.79 Å². The van der Waals surface area contributed by atoms with E-state index < -0.39 is 40.8 Å². The van der Waals surface area contributed by atoms with Crippen LogP contribution in [-0.4, -0.2) is 49.1 Å². The van der Waals surface area contributed by atoms with Crippen LogP contribution in [0.5, 0.6) is 0 Å². The first-order chi connectivity index (χ1) is 13.4. The Morgan fingerprint density at radius 1 is 1.07 bits per heavy atom. The highest BCUT2D eigenvalue weighted by atomic mass is 35.5. The van der Waals surface area contributed by atoms with Crippen LogP contribution < -0.4 is 10.7 Å². The number of carbonyl (C=O) groups excluding carboxylic acids is 4. The van der Waals surface area contributed by atoms with E-state index in [9.17, 15) is 19.2 Å². The summed E-state index contributed by atoms with van der Waals surface area (Å²) in [6.07, 6.45) is 0. The van der Waals surface area contributed by atoms with Gasteiger partial charge in [-0.15, -0.1) is 0 Å². The number of benzene rings is 1. The molecular weight excluding hydrogens is 425 g/mol. The van der Waals surface area contributed by atoms with Crippen LogP contribution in [0.2, 0.25) is 10.0 Å². The number of nitrogens with one attached hydrogen (secondary N) is 2. The SMILES string of the molecule is COC(=O)/C(=N\NC(C)(C)C)[C@@H](C(=O)OC)C(=O)C(=O)Nc1cc(Cl)ccc1Cl. The van der Waals surface area contributed by atoms with Crippen molar-refractivity contribution in [3.63, 3.8) is 0 Å². The van der Waals surface area contributed by atoms with E-state index in [0.29, 0.717) is 0 Å². The average molecular weight is 446 g/mol. The van der Waals surface area contributed by atoms with Crippen LogP contribution >= 0.6 is 23.2 Å². The third-order valence-electron chi connectivity index (χ3n) is 3.28. The molecule has 0 aliphatic rings. The van der Waals surface area contributed by atoms with Crippen LogP contribution in [0.4, 0.5) is 5.69 Å². The van der Waals surface area contributed by atoms with Gasteiger partial charge in [0.25, 0.3) is 5.91 Å². The number of amides is 1. The Balaban J connectivity index is 3.31. The monoisotopic (exact) mass is 445 g/mol. The molecule has 2 N–H and O–H groups in total. The molecule has 0 heterocycles. The minimum atomic E-state index is -1.96. The number of hydrogen-bond acceptors (Lipinski definition) is 8. The van der Waals surface area contributed by atoms with Crippen LogP contribution in [0.3, 0.4) is 0 Å². The van der Waals surface area contributed by atoms with Crippen molar-refractivity contribution in [2.24, 2.45) is 11.0 Å². The standard InChI is InChI=1S/C18H21Cl2N3O6/c1-18(2,3)23-22-13(17(27)29-5)12(16(26)28-4)14(24)15(25)21-11-8-9(19)6-7-10(11)20/h6-8,12,23H,1-5H3,(H,21,25)/b22-13-/t12-/m1/s1. The van der Waals surface area contributed by atoms with E-state index in [1.54, 1.807) is 20.8 Å². The van der Waals surface area contributed by atoms with Crippen LogP contribution in [0, 0.1) is 5.92 Å². The molecule has 0 aromatic heterocycles. The van der Waals surface area contributed by atoms with E-state index in [-0.39, 0.29) is 15.7 Å². The molecule has 1 atom stereocenters.